The van der Waals surface area contributed by atoms with Gasteiger partial charge < -0.3 is 5.32 Å². The standard InChI is InChI=1S/C23H19IN2O2.ClH/c24-16-10-12-17(13-11-16)25-23(27)22-21-19-9-5-4-6-15(19)14-20(21)28-26(22)18-7-2-1-3-8-18;/h1-13,20-22H,14H2,(H,25,27);1H. The summed E-state index contributed by atoms with van der Waals surface area (Å²) in [5, 5.41) is 4.89. The lowest BCUT2D eigenvalue weighted by Crippen LogP contribution is -2.42. The fourth-order valence-corrected chi connectivity index (χ4v) is 4.60. The van der Waals surface area contributed by atoms with Gasteiger partial charge in [-0.05, 0) is 70.1 Å². The summed E-state index contributed by atoms with van der Waals surface area (Å²) in [6, 6.07) is 25.7. The molecule has 1 aliphatic heterocycles. The number of halogens is 2. The van der Waals surface area contributed by atoms with Gasteiger partial charge in [0.1, 0.15) is 6.04 Å². The normalized spacial score (nSPS) is 21.8. The van der Waals surface area contributed by atoms with E-state index in [1.807, 2.05) is 60.7 Å². The summed E-state index contributed by atoms with van der Waals surface area (Å²) in [5.74, 6) is -0.0329. The van der Waals surface area contributed by atoms with Crippen molar-refractivity contribution in [2.24, 2.45) is 0 Å². The Kier molecular flexibility index (Phi) is 5.81. The molecule has 1 heterocycles. The highest BCUT2D eigenvalue weighted by Gasteiger charge is 2.52. The lowest BCUT2D eigenvalue weighted by Gasteiger charge is -2.27. The maximum Gasteiger partial charge on any atom is 0.250 e. The van der Waals surface area contributed by atoms with Crippen LogP contribution in [0.5, 0.6) is 0 Å². The van der Waals surface area contributed by atoms with Crippen molar-refractivity contribution in [1.29, 1.82) is 0 Å². The number of carbonyl (C=O) groups excluding carboxylic acids is 1. The maximum atomic E-state index is 13.4. The van der Waals surface area contributed by atoms with E-state index in [1.54, 1.807) is 5.06 Å². The molecule has 0 saturated carbocycles. The van der Waals surface area contributed by atoms with Gasteiger partial charge in [-0.25, -0.2) is 5.06 Å². The van der Waals surface area contributed by atoms with Crippen molar-refractivity contribution in [1.82, 2.24) is 0 Å². The zero-order chi connectivity index (χ0) is 19.1. The summed E-state index contributed by atoms with van der Waals surface area (Å²) in [5.41, 5.74) is 4.19. The lowest BCUT2D eigenvalue weighted by molar-refractivity contribution is -0.118. The van der Waals surface area contributed by atoms with Gasteiger partial charge in [-0.1, -0.05) is 42.5 Å². The minimum absolute atomic E-state index is 0. The van der Waals surface area contributed by atoms with Crippen LogP contribution in [0.15, 0.2) is 78.9 Å². The number of nitrogens with zero attached hydrogens (tertiary/aromatic N) is 1. The molecular weight excluding hydrogens is 499 g/mol. The molecule has 0 radical (unpaired) electrons. The van der Waals surface area contributed by atoms with Crippen molar-refractivity contribution in [2.45, 2.75) is 24.5 Å². The highest BCUT2D eigenvalue weighted by atomic mass is 127. The van der Waals surface area contributed by atoms with Crippen LogP contribution in [0.4, 0.5) is 11.4 Å². The zero-order valence-corrected chi connectivity index (χ0v) is 18.5. The van der Waals surface area contributed by atoms with Gasteiger partial charge in [-0.2, -0.15) is 0 Å². The topological polar surface area (TPSA) is 41.6 Å². The average Bonchev–Trinajstić information content (AvgIpc) is 3.26. The zero-order valence-electron chi connectivity index (χ0n) is 15.5. The van der Waals surface area contributed by atoms with Gasteiger partial charge in [0.25, 0.3) is 0 Å². The van der Waals surface area contributed by atoms with Crippen LogP contribution in [0, 0.1) is 3.57 Å². The van der Waals surface area contributed by atoms with E-state index in [4.69, 9.17) is 4.84 Å². The molecule has 5 rings (SSSR count). The van der Waals surface area contributed by atoms with Crippen LogP contribution >= 0.6 is 35.0 Å². The van der Waals surface area contributed by atoms with Crippen LogP contribution in [0.1, 0.15) is 17.0 Å². The first-order valence-corrected chi connectivity index (χ1v) is 10.4. The van der Waals surface area contributed by atoms with Crippen LogP contribution in [-0.2, 0) is 16.1 Å². The summed E-state index contributed by atoms with van der Waals surface area (Å²) in [7, 11) is 0. The number of para-hydroxylation sites is 1. The Morgan fingerprint density at radius 3 is 2.41 bits per heavy atom. The van der Waals surface area contributed by atoms with Crippen molar-refractivity contribution < 1.29 is 9.63 Å². The minimum atomic E-state index is -0.421. The van der Waals surface area contributed by atoms with E-state index < -0.39 is 6.04 Å². The second-order valence-corrected chi connectivity index (χ2v) is 8.42. The quantitative estimate of drug-likeness (QED) is 0.486. The average molecular weight is 519 g/mol. The number of anilines is 2. The molecule has 148 valence electrons. The highest BCUT2D eigenvalue weighted by molar-refractivity contribution is 14.1. The number of hydrogen-bond donors (Lipinski definition) is 1. The smallest absolute Gasteiger partial charge is 0.250 e. The van der Waals surface area contributed by atoms with Gasteiger partial charge in [-0.15, -0.1) is 12.4 Å². The summed E-state index contributed by atoms with van der Waals surface area (Å²) < 4.78 is 1.13. The van der Waals surface area contributed by atoms with Gasteiger partial charge >= 0.3 is 0 Å². The monoisotopic (exact) mass is 518 g/mol. The first kappa shape index (κ1) is 20.2. The van der Waals surface area contributed by atoms with Crippen molar-refractivity contribution in [3.63, 3.8) is 0 Å². The SMILES string of the molecule is Cl.O=C(Nc1ccc(I)cc1)C1C2c3ccccc3CC2ON1c1ccccc1. The second kappa shape index (κ2) is 8.34. The van der Waals surface area contributed by atoms with Crippen molar-refractivity contribution >= 4 is 52.3 Å². The molecular formula is C23H20ClIN2O2. The van der Waals surface area contributed by atoms with Crippen molar-refractivity contribution in [3.05, 3.63) is 93.6 Å². The third-order valence-electron chi connectivity index (χ3n) is 5.47. The van der Waals surface area contributed by atoms with E-state index in [0.717, 1.165) is 21.4 Å². The number of fused-ring (bicyclic) bond motifs is 3. The number of benzene rings is 3. The molecule has 4 nitrogen and oxygen atoms in total. The van der Waals surface area contributed by atoms with Crippen LogP contribution in [0.3, 0.4) is 0 Å². The predicted molar refractivity (Wildman–Crippen MR) is 126 cm³/mol. The lowest BCUT2D eigenvalue weighted by atomic mass is 9.91. The summed E-state index contributed by atoms with van der Waals surface area (Å²) in [6.07, 6.45) is 0.808. The van der Waals surface area contributed by atoms with E-state index in [-0.39, 0.29) is 30.3 Å². The molecule has 1 fully saturated rings. The Bertz CT molecular complexity index is 1010. The second-order valence-electron chi connectivity index (χ2n) is 7.17. The molecule has 3 unspecified atom stereocenters. The molecule has 0 aromatic heterocycles. The first-order chi connectivity index (χ1) is 13.7. The van der Waals surface area contributed by atoms with Crippen LogP contribution in [0.2, 0.25) is 0 Å². The number of hydrogen-bond acceptors (Lipinski definition) is 3. The molecule has 3 atom stereocenters. The number of amides is 1. The van der Waals surface area contributed by atoms with Crippen LogP contribution in [-0.4, -0.2) is 18.1 Å². The molecule has 1 N–H and O–H groups in total. The van der Waals surface area contributed by atoms with Gasteiger partial charge in [0.15, 0.2) is 0 Å². The third-order valence-corrected chi connectivity index (χ3v) is 6.19. The molecule has 0 spiro atoms. The molecule has 1 aliphatic carbocycles. The van der Waals surface area contributed by atoms with Crippen molar-refractivity contribution in [2.75, 3.05) is 10.4 Å². The molecule has 0 bridgehead atoms. The molecule has 29 heavy (non-hydrogen) atoms. The highest BCUT2D eigenvalue weighted by Crippen LogP contribution is 2.46. The Labute approximate surface area is 189 Å². The first-order valence-electron chi connectivity index (χ1n) is 9.36. The van der Waals surface area contributed by atoms with E-state index in [2.05, 4.69) is 46.1 Å². The summed E-state index contributed by atoms with van der Waals surface area (Å²) >= 11 is 2.26. The fourth-order valence-electron chi connectivity index (χ4n) is 4.24. The van der Waals surface area contributed by atoms with Crippen LogP contribution in [0.25, 0.3) is 0 Å². The molecule has 1 amide bonds. The van der Waals surface area contributed by atoms with Gasteiger partial charge in [0, 0.05) is 21.6 Å². The van der Waals surface area contributed by atoms with Crippen LogP contribution < -0.4 is 10.4 Å². The molecule has 6 heteroatoms. The van der Waals surface area contributed by atoms with Crippen molar-refractivity contribution in [3.8, 4) is 0 Å². The largest absolute Gasteiger partial charge is 0.324 e. The van der Waals surface area contributed by atoms with Gasteiger partial charge in [-0.3, -0.25) is 9.63 Å². The van der Waals surface area contributed by atoms with E-state index in [1.165, 1.54) is 11.1 Å². The predicted octanol–water partition coefficient (Wildman–Crippen LogP) is 5.18. The minimum Gasteiger partial charge on any atom is -0.324 e. The number of hydroxylamine groups is 1. The van der Waals surface area contributed by atoms with E-state index in [9.17, 15) is 4.79 Å². The molecule has 3 aromatic carbocycles. The Hall–Kier alpha value is -2.09. The number of carbonyl (C=O) groups is 1. The van der Waals surface area contributed by atoms with E-state index in [0.29, 0.717) is 0 Å². The molecule has 1 saturated heterocycles. The number of nitrogens with one attached hydrogen (secondary N) is 1. The fraction of sp³-hybridized carbons (Fsp3) is 0.174. The summed E-state index contributed by atoms with van der Waals surface area (Å²) in [4.78, 5) is 19.7. The third kappa shape index (κ3) is 3.74. The Morgan fingerprint density at radius 2 is 1.66 bits per heavy atom. The Morgan fingerprint density at radius 1 is 0.966 bits per heavy atom. The molecule has 3 aromatic rings. The summed E-state index contributed by atoms with van der Waals surface area (Å²) in [6.45, 7) is 0. The van der Waals surface area contributed by atoms with E-state index >= 15 is 0 Å². The Balaban J connectivity index is 0.00000205. The van der Waals surface area contributed by atoms with Gasteiger partial charge in [0.05, 0.1) is 11.8 Å². The number of rotatable bonds is 3. The maximum absolute atomic E-state index is 13.4. The molecule has 2 aliphatic rings. The van der Waals surface area contributed by atoms with Gasteiger partial charge in [0.2, 0.25) is 5.91 Å².